The Hall–Kier alpha value is -2.04. The van der Waals surface area contributed by atoms with Crippen molar-refractivity contribution in [2.75, 3.05) is 0 Å². The molecule has 0 radical (unpaired) electrons. The number of fused-ring (bicyclic) bond motifs is 1. The van der Waals surface area contributed by atoms with E-state index in [-0.39, 0.29) is 5.75 Å². The average molecular weight is 234 g/mol. The van der Waals surface area contributed by atoms with Crippen molar-refractivity contribution in [1.29, 1.82) is 0 Å². The molecular weight excluding hydrogens is 220 g/mol. The first-order valence-corrected chi connectivity index (χ1v) is 5.42. The molecule has 5 nitrogen and oxygen atoms in total. The van der Waals surface area contributed by atoms with Gasteiger partial charge in [0.15, 0.2) is 0 Å². The zero-order chi connectivity index (χ0) is 12.6. The molecule has 5 heteroatoms. The van der Waals surface area contributed by atoms with E-state index in [2.05, 4.69) is 4.98 Å². The Labute approximate surface area is 98.3 Å². The number of imidazole rings is 1. The van der Waals surface area contributed by atoms with Crippen LogP contribution >= 0.6 is 0 Å². The molecule has 0 saturated carbocycles. The third-order valence-corrected chi connectivity index (χ3v) is 2.92. The Kier molecular flexibility index (Phi) is 2.75. The lowest BCUT2D eigenvalue weighted by Gasteiger charge is -2.09. The van der Waals surface area contributed by atoms with Gasteiger partial charge in [-0.1, -0.05) is 6.92 Å². The maximum absolute atomic E-state index is 11.1. The molecule has 0 amide bonds. The Balaban J connectivity index is 2.63. The third kappa shape index (κ3) is 1.84. The number of carboxylic acids is 1. The average Bonchev–Trinajstić information content (AvgIpc) is 2.58. The standard InChI is InChI=1S/C12H14N2O3/c1-3-8(12(16)17)11-13-9-5-4-7(15)6-10(9)14(11)2/h4-6,8,15H,3H2,1-2H3,(H,16,17). The van der Waals surface area contributed by atoms with Gasteiger partial charge >= 0.3 is 5.97 Å². The van der Waals surface area contributed by atoms with Gasteiger partial charge in [0, 0.05) is 13.1 Å². The minimum atomic E-state index is -0.880. The molecule has 1 unspecified atom stereocenters. The van der Waals surface area contributed by atoms with E-state index in [1.54, 1.807) is 29.8 Å². The molecule has 2 aromatic rings. The fraction of sp³-hybridized carbons (Fsp3) is 0.333. The predicted octanol–water partition coefficient (Wildman–Crippen LogP) is 1.86. The summed E-state index contributed by atoms with van der Waals surface area (Å²) >= 11 is 0. The molecule has 0 saturated heterocycles. The van der Waals surface area contributed by atoms with Gasteiger partial charge < -0.3 is 14.8 Å². The Morgan fingerprint density at radius 3 is 2.82 bits per heavy atom. The van der Waals surface area contributed by atoms with Gasteiger partial charge in [-0.05, 0) is 18.6 Å². The van der Waals surface area contributed by atoms with E-state index in [0.29, 0.717) is 17.8 Å². The normalized spacial score (nSPS) is 12.8. The van der Waals surface area contributed by atoms with E-state index in [1.165, 1.54) is 0 Å². The van der Waals surface area contributed by atoms with Gasteiger partial charge in [0.2, 0.25) is 0 Å². The van der Waals surface area contributed by atoms with E-state index in [1.807, 2.05) is 6.92 Å². The first-order valence-electron chi connectivity index (χ1n) is 5.42. The number of rotatable bonds is 3. The first kappa shape index (κ1) is 11.4. The molecule has 17 heavy (non-hydrogen) atoms. The van der Waals surface area contributed by atoms with E-state index >= 15 is 0 Å². The molecule has 2 N–H and O–H groups in total. The quantitative estimate of drug-likeness (QED) is 0.849. The second-order valence-electron chi connectivity index (χ2n) is 4.00. The summed E-state index contributed by atoms with van der Waals surface area (Å²) in [5, 5.41) is 18.5. The second-order valence-corrected chi connectivity index (χ2v) is 4.00. The molecule has 1 atom stereocenters. The molecule has 0 aliphatic heterocycles. The SMILES string of the molecule is CCC(C(=O)O)c1nc2ccc(O)cc2n1C. The molecule has 0 bridgehead atoms. The molecule has 0 spiro atoms. The molecular formula is C12H14N2O3. The number of aromatic nitrogens is 2. The fourth-order valence-electron chi connectivity index (χ4n) is 1.98. The van der Waals surface area contributed by atoms with Gasteiger partial charge in [-0.15, -0.1) is 0 Å². The molecule has 0 aliphatic carbocycles. The number of carbonyl (C=O) groups is 1. The number of benzene rings is 1. The van der Waals surface area contributed by atoms with Crippen LogP contribution in [0.1, 0.15) is 25.1 Å². The number of aliphatic carboxylic acids is 1. The van der Waals surface area contributed by atoms with Crippen LogP contribution in [0.4, 0.5) is 0 Å². The summed E-state index contributed by atoms with van der Waals surface area (Å²) < 4.78 is 1.72. The molecule has 2 rings (SSSR count). The lowest BCUT2D eigenvalue weighted by atomic mass is 10.1. The Morgan fingerprint density at radius 2 is 2.24 bits per heavy atom. The van der Waals surface area contributed by atoms with Gasteiger partial charge in [-0.3, -0.25) is 4.79 Å². The number of hydrogen-bond acceptors (Lipinski definition) is 3. The summed E-state index contributed by atoms with van der Waals surface area (Å²) in [7, 11) is 1.76. The van der Waals surface area contributed by atoms with Crippen molar-refractivity contribution >= 4 is 17.0 Å². The van der Waals surface area contributed by atoms with E-state index in [9.17, 15) is 9.90 Å². The molecule has 0 fully saturated rings. The number of hydrogen-bond donors (Lipinski definition) is 2. The van der Waals surface area contributed by atoms with Crippen LogP contribution in [-0.4, -0.2) is 25.7 Å². The summed E-state index contributed by atoms with van der Waals surface area (Å²) in [5.41, 5.74) is 1.43. The summed E-state index contributed by atoms with van der Waals surface area (Å²) in [6, 6.07) is 4.81. The van der Waals surface area contributed by atoms with Crippen LogP contribution in [-0.2, 0) is 11.8 Å². The highest BCUT2D eigenvalue weighted by Crippen LogP contribution is 2.25. The van der Waals surface area contributed by atoms with Gasteiger partial charge in [-0.25, -0.2) is 4.98 Å². The van der Waals surface area contributed by atoms with Gasteiger partial charge in [0.1, 0.15) is 17.5 Å². The zero-order valence-electron chi connectivity index (χ0n) is 9.71. The smallest absolute Gasteiger partial charge is 0.314 e. The Bertz CT molecular complexity index is 574. The van der Waals surface area contributed by atoms with Crippen LogP contribution < -0.4 is 0 Å². The minimum Gasteiger partial charge on any atom is -0.508 e. The number of carboxylic acid groups (broad SMARTS) is 1. The summed E-state index contributed by atoms with van der Waals surface area (Å²) in [6.45, 7) is 1.82. The molecule has 90 valence electrons. The topological polar surface area (TPSA) is 75.3 Å². The monoisotopic (exact) mass is 234 g/mol. The van der Waals surface area contributed by atoms with Crippen molar-refractivity contribution in [2.24, 2.45) is 7.05 Å². The highest BCUT2D eigenvalue weighted by atomic mass is 16.4. The van der Waals surface area contributed by atoms with Gasteiger partial charge in [0.05, 0.1) is 11.0 Å². The van der Waals surface area contributed by atoms with Crippen LogP contribution in [0.3, 0.4) is 0 Å². The zero-order valence-corrected chi connectivity index (χ0v) is 9.71. The van der Waals surface area contributed by atoms with E-state index < -0.39 is 11.9 Å². The van der Waals surface area contributed by atoms with Gasteiger partial charge in [0.25, 0.3) is 0 Å². The van der Waals surface area contributed by atoms with E-state index in [4.69, 9.17) is 5.11 Å². The van der Waals surface area contributed by atoms with Crippen molar-refractivity contribution in [2.45, 2.75) is 19.3 Å². The largest absolute Gasteiger partial charge is 0.508 e. The van der Waals surface area contributed by atoms with Crippen molar-refractivity contribution < 1.29 is 15.0 Å². The number of aryl methyl sites for hydroxylation is 1. The molecule has 1 aromatic carbocycles. The molecule has 1 heterocycles. The van der Waals surface area contributed by atoms with Crippen molar-refractivity contribution in [3.8, 4) is 5.75 Å². The second kappa shape index (κ2) is 4.08. The van der Waals surface area contributed by atoms with Crippen molar-refractivity contribution in [1.82, 2.24) is 9.55 Å². The van der Waals surface area contributed by atoms with Crippen LogP contribution in [0.25, 0.3) is 11.0 Å². The lowest BCUT2D eigenvalue weighted by Crippen LogP contribution is -2.15. The number of phenolic OH excluding ortho intramolecular Hbond substituents is 1. The highest BCUT2D eigenvalue weighted by Gasteiger charge is 2.23. The summed E-state index contributed by atoms with van der Waals surface area (Å²) in [6.07, 6.45) is 0.485. The first-order chi connectivity index (χ1) is 8.04. The molecule has 0 aliphatic rings. The van der Waals surface area contributed by atoms with Crippen molar-refractivity contribution in [3.05, 3.63) is 24.0 Å². The lowest BCUT2D eigenvalue weighted by molar-refractivity contribution is -0.139. The Morgan fingerprint density at radius 1 is 1.53 bits per heavy atom. The summed E-state index contributed by atoms with van der Waals surface area (Å²) in [5.74, 6) is -0.833. The maximum atomic E-state index is 11.1. The highest BCUT2D eigenvalue weighted by molar-refractivity contribution is 5.81. The van der Waals surface area contributed by atoms with Crippen LogP contribution in [0, 0.1) is 0 Å². The minimum absolute atomic E-state index is 0.149. The van der Waals surface area contributed by atoms with Crippen LogP contribution in [0.2, 0.25) is 0 Å². The number of nitrogens with zero attached hydrogens (tertiary/aromatic N) is 2. The maximum Gasteiger partial charge on any atom is 0.314 e. The predicted molar refractivity (Wildman–Crippen MR) is 63.0 cm³/mol. The van der Waals surface area contributed by atoms with Gasteiger partial charge in [-0.2, -0.15) is 0 Å². The fourth-order valence-corrected chi connectivity index (χ4v) is 1.98. The number of phenols is 1. The van der Waals surface area contributed by atoms with Crippen LogP contribution in [0.15, 0.2) is 18.2 Å². The van der Waals surface area contributed by atoms with Crippen molar-refractivity contribution in [3.63, 3.8) is 0 Å². The third-order valence-electron chi connectivity index (χ3n) is 2.92. The molecule has 1 aromatic heterocycles. The van der Waals surface area contributed by atoms with Crippen LogP contribution in [0.5, 0.6) is 5.75 Å². The number of aromatic hydroxyl groups is 1. The summed E-state index contributed by atoms with van der Waals surface area (Å²) in [4.78, 5) is 15.4. The van der Waals surface area contributed by atoms with E-state index in [0.717, 1.165) is 5.52 Å².